The van der Waals surface area contributed by atoms with Crippen LogP contribution in [-0.2, 0) is 19.1 Å². The zero-order valence-corrected chi connectivity index (χ0v) is 14.6. The molecule has 0 unspecified atom stereocenters. The van der Waals surface area contributed by atoms with Crippen molar-refractivity contribution in [1.29, 1.82) is 0 Å². The van der Waals surface area contributed by atoms with Gasteiger partial charge in [0, 0.05) is 18.9 Å². The Labute approximate surface area is 150 Å². The number of benzene rings is 1. The van der Waals surface area contributed by atoms with Crippen molar-refractivity contribution in [2.45, 2.75) is 38.7 Å². The highest BCUT2D eigenvalue weighted by atomic mass is 16.5. The molecule has 0 aromatic heterocycles. The summed E-state index contributed by atoms with van der Waals surface area (Å²) in [6, 6.07) is 2.79. The van der Waals surface area contributed by atoms with Crippen LogP contribution in [0.15, 0.2) is 18.2 Å². The van der Waals surface area contributed by atoms with Gasteiger partial charge in [-0.2, -0.15) is 0 Å². The second kappa shape index (κ2) is 8.42. The maximum atomic E-state index is 12.4. The number of hydrogen-bond donors (Lipinski definition) is 1. The molecule has 1 heterocycles. The van der Waals surface area contributed by atoms with Crippen LogP contribution in [-0.4, -0.2) is 41.6 Å². The predicted molar refractivity (Wildman–Crippen MR) is 92.1 cm³/mol. The van der Waals surface area contributed by atoms with Crippen LogP contribution in [0.1, 0.15) is 48.5 Å². The lowest BCUT2D eigenvalue weighted by molar-refractivity contribution is -0.143. The zero-order valence-electron chi connectivity index (χ0n) is 14.6. The van der Waals surface area contributed by atoms with E-state index in [1.807, 2.05) is 0 Å². The van der Waals surface area contributed by atoms with Gasteiger partial charge < -0.3 is 14.6 Å². The van der Waals surface area contributed by atoms with Gasteiger partial charge >= 0.3 is 5.97 Å². The Balaban J connectivity index is 2.44. The summed E-state index contributed by atoms with van der Waals surface area (Å²) in [5, 5.41) is 10.2. The minimum atomic E-state index is -1.02. The van der Waals surface area contributed by atoms with Gasteiger partial charge in [0.2, 0.25) is 11.6 Å². The van der Waals surface area contributed by atoms with Crippen molar-refractivity contribution in [3.8, 4) is 11.5 Å². The monoisotopic (exact) mass is 360 g/mol. The van der Waals surface area contributed by atoms with Crippen LogP contribution in [0.5, 0.6) is 11.5 Å². The number of ether oxygens (including phenoxy) is 2. The molecule has 138 valence electrons. The average Bonchev–Trinajstić information content (AvgIpc) is 2.59. The summed E-state index contributed by atoms with van der Waals surface area (Å²) in [7, 11) is 1.40. The number of esters is 1. The number of hydrogen-bond acceptors (Lipinski definition) is 7. The number of methoxy groups -OCH3 is 1. The zero-order chi connectivity index (χ0) is 19.3. The van der Waals surface area contributed by atoms with E-state index in [9.17, 15) is 24.3 Å². The first-order valence-electron chi connectivity index (χ1n) is 8.22. The topological polar surface area (TPSA) is 107 Å². The van der Waals surface area contributed by atoms with Crippen molar-refractivity contribution in [3.63, 3.8) is 0 Å². The maximum absolute atomic E-state index is 12.4. The number of ketones is 3. The van der Waals surface area contributed by atoms with E-state index in [2.05, 4.69) is 0 Å². The molecule has 0 amide bonds. The molecule has 0 spiro atoms. The molecule has 1 aromatic carbocycles. The molecule has 0 bridgehead atoms. The molecule has 0 aliphatic carbocycles. The molecule has 1 aromatic rings. The third kappa shape index (κ3) is 4.56. The normalized spacial score (nSPS) is 19.5. The fourth-order valence-electron chi connectivity index (χ4n) is 2.60. The van der Waals surface area contributed by atoms with Gasteiger partial charge in [-0.3, -0.25) is 14.4 Å². The second-order valence-electron chi connectivity index (χ2n) is 6.00. The van der Waals surface area contributed by atoms with Crippen molar-refractivity contribution in [2.24, 2.45) is 0 Å². The lowest BCUT2D eigenvalue weighted by Crippen LogP contribution is -2.24. The highest BCUT2D eigenvalue weighted by Crippen LogP contribution is 2.30. The summed E-state index contributed by atoms with van der Waals surface area (Å²) < 4.78 is 10.4. The quantitative estimate of drug-likeness (QED) is 0.604. The smallest absolute Gasteiger partial charge is 0.342 e. The molecular formula is C19H20O7. The van der Waals surface area contributed by atoms with Crippen molar-refractivity contribution >= 4 is 29.4 Å². The molecule has 2 rings (SSSR count). The van der Waals surface area contributed by atoms with Crippen LogP contribution >= 0.6 is 0 Å². The van der Waals surface area contributed by atoms with E-state index in [-0.39, 0.29) is 29.7 Å². The SMILES string of the molecule is COc1cc(O)c2c(c1)C=CCC(=O)C(=O)C(=O)CCC[C@H](C)OC2=O. The van der Waals surface area contributed by atoms with Crippen LogP contribution in [0.2, 0.25) is 0 Å². The molecule has 1 atom stereocenters. The number of aromatic hydroxyl groups is 1. The lowest BCUT2D eigenvalue weighted by atomic mass is 10.0. The van der Waals surface area contributed by atoms with Gasteiger partial charge in [-0.15, -0.1) is 0 Å². The molecular weight excluding hydrogens is 340 g/mol. The first kappa shape index (κ1) is 19.4. The highest BCUT2D eigenvalue weighted by molar-refractivity contribution is 6.64. The Morgan fingerprint density at radius 1 is 1.15 bits per heavy atom. The molecule has 0 saturated carbocycles. The number of carbonyl (C=O) groups is 4. The molecule has 1 aliphatic rings. The van der Waals surface area contributed by atoms with E-state index in [0.29, 0.717) is 18.6 Å². The first-order valence-corrected chi connectivity index (χ1v) is 8.22. The lowest BCUT2D eigenvalue weighted by Gasteiger charge is -2.16. The summed E-state index contributed by atoms with van der Waals surface area (Å²) in [6.07, 6.45) is 2.54. The van der Waals surface area contributed by atoms with E-state index in [1.165, 1.54) is 31.4 Å². The fourth-order valence-corrected chi connectivity index (χ4v) is 2.60. The largest absolute Gasteiger partial charge is 0.507 e. The summed E-state index contributed by atoms with van der Waals surface area (Å²) in [5.74, 6) is -3.30. The highest BCUT2D eigenvalue weighted by Gasteiger charge is 2.24. The Morgan fingerprint density at radius 3 is 2.58 bits per heavy atom. The predicted octanol–water partition coefficient (Wildman–Crippen LogP) is 2.24. The van der Waals surface area contributed by atoms with Gasteiger partial charge in [-0.1, -0.05) is 12.2 Å². The Hall–Kier alpha value is -2.96. The van der Waals surface area contributed by atoms with Gasteiger partial charge in [0.25, 0.3) is 5.78 Å². The molecule has 7 nitrogen and oxygen atoms in total. The third-order valence-corrected chi connectivity index (χ3v) is 3.99. The van der Waals surface area contributed by atoms with Gasteiger partial charge in [0.05, 0.1) is 13.2 Å². The summed E-state index contributed by atoms with van der Waals surface area (Å²) >= 11 is 0. The molecule has 0 fully saturated rings. The minimum Gasteiger partial charge on any atom is -0.507 e. The third-order valence-electron chi connectivity index (χ3n) is 3.99. The van der Waals surface area contributed by atoms with Crippen LogP contribution in [0.25, 0.3) is 6.08 Å². The van der Waals surface area contributed by atoms with E-state index in [0.717, 1.165) is 0 Å². The van der Waals surface area contributed by atoms with Crippen molar-refractivity contribution in [2.75, 3.05) is 7.11 Å². The molecule has 1 aliphatic heterocycles. The Morgan fingerprint density at radius 2 is 1.88 bits per heavy atom. The number of allylic oxidation sites excluding steroid dienone is 1. The van der Waals surface area contributed by atoms with Crippen molar-refractivity contribution < 1.29 is 33.8 Å². The number of carbonyl (C=O) groups excluding carboxylic acids is 4. The number of Topliss-reactive ketones (excluding diaryl/α,β-unsaturated/α-hetero) is 3. The number of cyclic esters (lactones) is 1. The second-order valence-corrected chi connectivity index (χ2v) is 6.00. The first-order chi connectivity index (χ1) is 12.3. The standard InChI is InChI=1S/C19H20O7/c1-11-5-3-7-14(20)18(23)15(21)8-4-6-12-9-13(25-2)10-16(22)17(12)19(24)26-11/h4,6,9-11,22H,3,5,7-8H2,1-2H3/t11-/m0/s1. The van der Waals surface area contributed by atoms with E-state index in [4.69, 9.17) is 9.47 Å². The van der Waals surface area contributed by atoms with Gasteiger partial charge in [-0.05, 0) is 31.4 Å². The number of phenols is 1. The summed E-state index contributed by atoms with van der Waals surface area (Å²) in [4.78, 5) is 47.8. The van der Waals surface area contributed by atoms with Gasteiger partial charge in [0.1, 0.15) is 17.1 Å². The average molecular weight is 360 g/mol. The van der Waals surface area contributed by atoms with E-state index < -0.39 is 29.4 Å². The number of rotatable bonds is 1. The van der Waals surface area contributed by atoms with Crippen LogP contribution in [0, 0.1) is 0 Å². The summed E-state index contributed by atoms with van der Waals surface area (Å²) in [5.41, 5.74) is 0.225. The van der Waals surface area contributed by atoms with Crippen molar-refractivity contribution in [3.05, 3.63) is 29.3 Å². The van der Waals surface area contributed by atoms with E-state index >= 15 is 0 Å². The summed E-state index contributed by atoms with van der Waals surface area (Å²) in [6.45, 7) is 1.65. The van der Waals surface area contributed by atoms with Crippen LogP contribution < -0.4 is 4.74 Å². The fraction of sp³-hybridized carbons (Fsp3) is 0.368. The van der Waals surface area contributed by atoms with Crippen LogP contribution in [0.4, 0.5) is 0 Å². The van der Waals surface area contributed by atoms with Crippen molar-refractivity contribution in [1.82, 2.24) is 0 Å². The van der Waals surface area contributed by atoms with Gasteiger partial charge in [0.15, 0.2) is 0 Å². The van der Waals surface area contributed by atoms with Gasteiger partial charge in [-0.25, -0.2) is 4.79 Å². The van der Waals surface area contributed by atoms with E-state index in [1.54, 1.807) is 6.92 Å². The number of fused-ring (bicyclic) bond motifs is 1. The molecule has 0 saturated heterocycles. The Bertz CT molecular complexity index is 776. The minimum absolute atomic E-state index is 0.0548. The number of phenolic OH excluding ortho intramolecular Hbond substituents is 1. The molecule has 26 heavy (non-hydrogen) atoms. The molecule has 0 radical (unpaired) electrons. The maximum Gasteiger partial charge on any atom is 0.342 e. The molecule has 1 N–H and O–H groups in total. The van der Waals surface area contributed by atoms with Crippen LogP contribution in [0.3, 0.4) is 0 Å². The molecule has 7 heteroatoms. The Kier molecular flexibility index (Phi) is 6.27.